The molecular formula is C21H15ClN2O3S. The standard InChI is InChI=1S/C21H15ClN2O3S/c1-28(27,20-7-3-5-18(22)12-20)24-21(26)17-10-16(13-23-14-17)9-8-15-4-2-6-19(25)11-15/h2-7,10-14,25H,1H2,(H,24,26,27). The van der Waals surface area contributed by atoms with Gasteiger partial charge in [-0.15, -0.1) is 0 Å². The molecule has 0 bridgehead atoms. The predicted octanol–water partition coefficient (Wildman–Crippen LogP) is 3.26. The lowest BCUT2D eigenvalue weighted by atomic mass is 10.1. The van der Waals surface area contributed by atoms with Gasteiger partial charge in [-0.2, -0.15) is 0 Å². The quantitative estimate of drug-likeness (QED) is 0.513. The summed E-state index contributed by atoms with van der Waals surface area (Å²) in [6.45, 7) is 0. The number of phenols is 1. The Morgan fingerprint density at radius 3 is 2.57 bits per heavy atom. The van der Waals surface area contributed by atoms with Crippen molar-refractivity contribution in [2.45, 2.75) is 4.90 Å². The summed E-state index contributed by atoms with van der Waals surface area (Å²) in [4.78, 5) is 16.8. The van der Waals surface area contributed by atoms with Crippen molar-refractivity contribution in [1.29, 1.82) is 0 Å². The number of phenolic OH excluding ortho intramolecular Hbond substituents is 1. The molecule has 2 N–H and O–H groups in total. The topological polar surface area (TPSA) is 79.3 Å². The molecule has 3 rings (SSSR count). The highest BCUT2D eigenvalue weighted by atomic mass is 35.5. The third kappa shape index (κ3) is 4.92. The maximum Gasteiger partial charge on any atom is 0.264 e. The summed E-state index contributed by atoms with van der Waals surface area (Å²) in [5.74, 6) is 8.90. The summed E-state index contributed by atoms with van der Waals surface area (Å²) in [5.41, 5.74) is 1.31. The molecule has 0 saturated carbocycles. The predicted molar refractivity (Wildman–Crippen MR) is 111 cm³/mol. The molecule has 1 heterocycles. The summed E-state index contributed by atoms with van der Waals surface area (Å²) in [7, 11) is -3.08. The number of rotatable bonds is 3. The van der Waals surface area contributed by atoms with E-state index < -0.39 is 15.6 Å². The van der Waals surface area contributed by atoms with Crippen molar-refractivity contribution in [3.8, 4) is 17.6 Å². The van der Waals surface area contributed by atoms with Gasteiger partial charge in [-0.1, -0.05) is 35.6 Å². The van der Waals surface area contributed by atoms with Gasteiger partial charge in [0.2, 0.25) is 0 Å². The maximum atomic E-state index is 12.8. The zero-order valence-corrected chi connectivity index (χ0v) is 16.1. The second kappa shape index (κ2) is 8.17. The highest BCUT2D eigenvalue weighted by Gasteiger charge is 2.14. The Kier molecular flexibility index (Phi) is 5.69. The van der Waals surface area contributed by atoms with Crippen LogP contribution in [-0.2, 0) is 9.71 Å². The Bertz CT molecular complexity index is 1210. The average Bonchev–Trinajstić information content (AvgIpc) is 2.66. The minimum atomic E-state index is -3.08. The number of aromatic nitrogens is 1. The van der Waals surface area contributed by atoms with Crippen LogP contribution in [-0.4, -0.2) is 26.1 Å². The fraction of sp³-hybridized carbons (Fsp3) is 0. The second-order valence-corrected chi connectivity index (χ2v) is 8.29. The van der Waals surface area contributed by atoms with Crippen LogP contribution in [0, 0.1) is 11.8 Å². The zero-order valence-electron chi connectivity index (χ0n) is 14.6. The van der Waals surface area contributed by atoms with Crippen molar-refractivity contribution in [2.24, 2.45) is 0 Å². The highest BCUT2D eigenvalue weighted by molar-refractivity contribution is 7.99. The zero-order chi connectivity index (χ0) is 20.1. The maximum absolute atomic E-state index is 12.8. The number of hydrogen-bond donors (Lipinski definition) is 2. The van der Waals surface area contributed by atoms with Crippen molar-refractivity contribution in [2.75, 3.05) is 0 Å². The third-order valence-corrected chi connectivity index (χ3v) is 5.40. The first-order valence-corrected chi connectivity index (χ1v) is 10.1. The molecule has 1 atom stereocenters. The van der Waals surface area contributed by atoms with Crippen LogP contribution in [0.4, 0.5) is 0 Å². The molecule has 1 amide bonds. The second-order valence-electron chi connectivity index (χ2n) is 5.83. The number of nitrogens with zero attached hydrogens (tertiary/aromatic N) is 1. The number of amides is 1. The largest absolute Gasteiger partial charge is 0.508 e. The van der Waals surface area contributed by atoms with E-state index >= 15 is 0 Å². The van der Waals surface area contributed by atoms with E-state index in [0.29, 0.717) is 21.0 Å². The molecule has 5 nitrogen and oxygen atoms in total. The number of hydrogen-bond acceptors (Lipinski definition) is 4. The summed E-state index contributed by atoms with van der Waals surface area (Å²) < 4.78 is 15.2. The molecule has 7 heteroatoms. The number of halogens is 1. The van der Waals surface area contributed by atoms with E-state index in [4.69, 9.17) is 11.6 Å². The van der Waals surface area contributed by atoms with Crippen molar-refractivity contribution in [3.63, 3.8) is 0 Å². The van der Waals surface area contributed by atoms with E-state index in [-0.39, 0.29) is 11.3 Å². The number of carbonyl (C=O) groups is 1. The van der Waals surface area contributed by atoms with Gasteiger partial charge in [-0.05, 0) is 48.3 Å². The molecule has 1 aromatic heterocycles. The minimum absolute atomic E-state index is 0.115. The monoisotopic (exact) mass is 410 g/mol. The lowest BCUT2D eigenvalue weighted by molar-refractivity contribution is 0.0982. The molecule has 0 fully saturated rings. The molecule has 0 radical (unpaired) electrons. The van der Waals surface area contributed by atoms with E-state index in [2.05, 4.69) is 27.4 Å². The number of aromatic hydroxyl groups is 1. The van der Waals surface area contributed by atoms with Crippen molar-refractivity contribution in [3.05, 3.63) is 88.7 Å². The third-order valence-electron chi connectivity index (χ3n) is 3.63. The first-order chi connectivity index (χ1) is 13.3. The lowest BCUT2D eigenvalue weighted by Crippen LogP contribution is -2.30. The minimum Gasteiger partial charge on any atom is -0.508 e. The van der Waals surface area contributed by atoms with Crippen LogP contribution >= 0.6 is 11.6 Å². The van der Waals surface area contributed by atoms with Crippen LogP contribution in [0.2, 0.25) is 5.02 Å². The molecule has 140 valence electrons. The number of pyridine rings is 1. The van der Waals surface area contributed by atoms with Gasteiger partial charge in [0, 0.05) is 28.5 Å². The van der Waals surface area contributed by atoms with Gasteiger partial charge in [0.05, 0.1) is 20.2 Å². The molecule has 0 aliphatic carbocycles. The van der Waals surface area contributed by atoms with Gasteiger partial charge < -0.3 is 5.11 Å². The summed E-state index contributed by atoms with van der Waals surface area (Å²) in [6, 6.07) is 14.4. The molecule has 28 heavy (non-hydrogen) atoms. The van der Waals surface area contributed by atoms with Crippen molar-refractivity contribution >= 4 is 33.1 Å². The molecule has 0 aliphatic rings. The average molecular weight is 411 g/mol. The molecule has 0 saturated heterocycles. The molecular weight excluding hydrogens is 396 g/mol. The van der Waals surface area contributed by atoms with Gasteiger partial charge in [-0.3, -0.25) is 14.5 Å². The Hall–Kier alpha value is -3.27. The summed E-state index contributed by atoms with van der Waals surface area (Å²) in [6.07, 6.45) is 2.85. The smallest absolute Gasteiger partial charge is 0.264 e. The van der Waals surface area contributed by atoms with Crippen LogP contribution in [0.3, 0.4) is 0 Å². The van der Waals surface area contributed by atoms with Gasteiger partial charge in [0.1, 0.15) is 5.75 Å². The molecule has 0 aliphatic heterocycles. The molecule has 1 unspecified atom stereocenters. The number of benzene rings is 2. The Morgan fingerprint density at radius 2 is 1.82 bits per heavy atom. The van der Waals surface area contributed by atoms with Crippen LogP contribution in [0.1, 0.15) is 21.5 Å². The molecule has 0 spiro atoms. The van der Waals surface area contributed by atoms with Crippen LogP contribution in [0.25, 0.3) is 0 Å². The Labute approximate surface area is 168 Å². The number of carbonyl (C=O) groups excluding carboxylic acids is 1. The van der Waals surface area contributed by atoms with Crippen molar-refractivity contribution < 1.29 is 14.1 Å². The van der Waals surface area contributed by atoms with Gasteiger partial charge >= 0.3 is 0 Å². The van der Waals surface area contributed by atoms with Crippen LogP contribution in [0.5, 0.6) is 5.75 Å². The first kappa shape index (κ1) is 19.5. The lowest BCUT2D eigenvalue weighted by Gasteiger charge is -2.12. The van der Waals surface area contributed by atoms with E-state index in [1.54, 1.807) is 36.4 Å². The van der Waals surface area contributed by atoms with Gasteiger partial charge in [0.15, 0.2) is 0 Å². The SMILES string of the molecule is C=S(=O)(NC(=O)c1cncc(C#Cc2cccc(O)c2)c1)c1cccc(Cl)c1. The van der Waals surface area contributed by atoms with Gasteiger partial charge in [-0.25, -0.2) is 4.21 Å². The first-order valence-electron chi connectivity index (χ1n) is 8.04. The van der Waals surface area contributed by atoms with Gasteiger partial charge in [0.25, 0.3) is 5.91 Å². The van der Waals surface area contributed by atoms with Crippen LogP contribution in [0.15, 0.2) is 71.9 Å². The highest BCUT2D eigenvalue weighted by Crippen LogP contribution is 2.16. The number of nitrogens with one attached hydrogen (secondary N) is 1. The van der Waals surface area contributed by atoms with E-state index in [0.717, 1.165) is 0 Å². The van der Waals surface area contributed by atoms with Crippen molar-refractivity contribution in [1.82, 2.24) is 9.71 Å². The van der Waals surface area contributed by atoms with E-state index in [1.807, 2.05) is 0 Å². The molecule has 2 aromatic carbocycles. The van der Waals surface area contributed by atoms with Crippen LogP contribution < -0.4 is 4.72 Å². The molecule has 3 aromatic rings. The fourth-order valence-electron chi connectivity index (χ4n) is 2.30. The summed E-state index contributed by atoms with van der Waals surface area (Å²) >= 11 is 5.91. The van der Waals surface area contributed by atoms with E-state index in [1.165, 1.54) is 30.6 Å². The Morgan fingerprint density at radius 1 is 1.07 bits per heavy atom. The fourth-order valence-corrected chi connectivity index (χ4v) is 3.71. The Balaban J connectivity index is 1.81. The normalized spacial score (nSPS) is 12.3. The van der Waals surface area contributed by atoms with E-state index in [9.17, 15) is 14.1 Å². The summed E-state index contributed by atoms with van der Waals surface area (Å²) in [5, 5.41) is 9.87.